The lowest BCUT2D eigenvalue weighted by molar-refractivity contribution is -0.137. The standard InChI is InChI=1S/C18H17F3N2O2S/c19-18(20,21)10-1-4-12(5-2-10)25-16-8-7-15(26-16)17(24)23-14-9-11-3-6-13(14)22-11/h1-2,4-5,7-8,11,13-14,22H,3,6,9H2,(H,23,24)/t11-,13+,14-/m1/s1. The normalized spacial score (nSPS) is 24.7. The van der Waals surface area contributed by atoms with Crippen LogP contribution in [0.3, 0.4) is 0 Å². The van der Waals surface area contributed by atoms with Gasteiger partial charge >= 0.3 is 6.18 Å². The second kappa shape index (κ2) is 6.59. The molecule has 3 atom stereocenters. The number of hydrogen-bond acceptors (Lipinski definition) is 4. The summed E-state index contributed by atoms with van der Waals surface area (Å²) in [6.07, 6.45) is -1.17. The van der Waals surface area contributed by atoms with Gasteiger partial charge in [0, 0.05) is 18.1 Å². The van der Waals surface area contributed by atoms with Crippen LogP contribution in [0, 0.1) is 0 Å². The van der Waals surface area contributed by atoms with Crippen molar-refractivity contribution >= 4 is 17.2 Å². The fourth-order valence-electron chi connectivity index (χ4n) is 3.55. The van der Waals surface area contributed by atoms with Gasteiger partial charge in [0.1, 0.15) is 5.75 Å². The van der Waals surface area contributed by atoms with Gasteiger partial charge in [0.05, 0.1) is 10.4 Å². The molecule has 0 saturated carbocycles. The zero-order valence-corrected chi connectivity index (χ0v) is 14.5. The lowest BCUT2D eigenvalue weighted by atomic mass is 9.95. The minimum absolute atomic E-state index is 0.142. The summed E-state index contributed by atoms with van der Waals surface area (Å²) in [5.74, 6) is 0.153. The third-order valence-corrected chi connectivity index (χ3v) is 5.78. The van der Waals surface area contributed by atoms with Crippen molar-refractivity contribution in [3.8, 4) is 10.8 Å². The molecule has 2 bridgehead atoms. The van der Waals surface area contributed by atoms with Gasteiger partial charge < -0.3 is 15.4 Å². The quantitative estimate of drug-likeness (QED) is 0.834. The Morgan fingerprint density at radius 1 is 1.15 bits per heavy atom. The van der Waals surface area contributed by atoms with Crippen molar-refractivity contribution in [1.82, 2.24) is 10.6 Å². The van der Waals surface area contributed by atoms with E-state index in [1.807, 2.05) is 0 Å². The second-order valence-electron chi connectivity index (χ2n) is 6.61. The predicted molar refractivity (Wildman–Crippen MR) is 91.7 cm³/mol. The van der Waals surface area contributed by atoms with Crippen LogP contribution in [0.4, 0.5) is 13.2 Å². The average Bonchev–Trinajstić information content (AvgIpc) is 3.31. The van der Waals surface area contributed by atoms with Crippen molar-refractivity contribution in [3.05, 3.63) is 46.8 Å². The van der Waals surface area contributed by atoms with Gasteiger partial charge in [-0.3, -0.25) is 4.79 Å². The van der Waals surface area contributed by atoms with Gasteiger partial charge in [-0.1, -0.05) is 11.3 Å². The first kappa shape index (κ1) is 17.4. The van der Waals surface area contributed by atoms with Gasteiger partial charge in [0.25, 0.3) is 5.91 Å². The zero-order chi connectivity index (χ0) is 18.3. The highest BCUT2D eigenvalue weighted by atomic mass is 32.1. The van der Waals surface area contributed by atoms with Crippen molar-refractivity contribution in [2.24, 2.45) is 0 Å². The minimum Gasteiger partial charge on any atom is -0.447 e. The summed E-state index contributed by atoms with van der Waals surface area (Å²) in [6, 6.07) is 8.81. The minimum atomic E-state index is -4.37. The van der Waals surface area contributed by atoms with Crippen molar-refractivity contribution in [1.29, 1.82) is 0 Å². The Hall–Kier alpha value is -2.06. The number of amides is 1. The Morgan fingerprint density at radius 3 is 2.54 bits per heavy atom. The van der Waals surface area contributed by atoms with Crippen molar-refractivity contribution in [3.63, 3.8) is 0 Å². The number of rotatable bonds is 4. The number of halogens is 3. The average molecular weight is 382 g/mol. The molecule has 8 heteroatoms. The van der Waals surface area contributed by atoms with E-state index in [9.17, 15) is 18.0 Å². The van der Waals surface area contributed by atoms with Crippen molar-refractivity contribution in [2.75, 3.05) is 0 Å². The summed E-state index contributed by atoms with van der Waals surface area (Å²) in [6.45, 7) is 0. The number of carbonyl (C=O) groups is 1. The predicted octanol–water partition coefficient (Wildman–Crippen LogP) is 4.18. The SMILES string of the molecule is O=C(N[C@@H]1C[C@H]2CC[C@@H]1N2)c1ccc(Oc2ccc(C(F)(F)F)cc2)s1. The number of fused-ring (bicyclic) bond motifs is 2. The van der Waals surface area contributed by atoms with Gasteiger partial charge in [-0.05, 0) is 55.7 Å². The number of benzene rings is 1. The van der Waals surface area contributed by atoms with E-state index in [4.69, 9.17) is 4.74 Å². The molecule has 0 radical (unpaired) electrons. The van der Waals surface area contributed by atoms with Crippen LogP contribution in [0.15, 0.2) is 36.4 Å². The van der Waals surface area contributed by atoms with Crippen LogP contribution in [-0.4, -0.2) is 24.0 Å². The molecule has 0 spiro atoms. The number of carbonyl (C=O) groups excluding carboxylic acids is 1. The first-order chi connectivity index (χ1) is 12.4. The Kier molecular flexibility index (Phi) is 4.40. The van der Waals surface area contributed by atoms with E-state index in [1.54, 1.807) is 12.1 Å². The zero-order valence-electron chi connectivity index (χ0n) is 13.7. The molecule has 0 aliphatic carbocycles. The number of alkyl halides is 3. The fraction of sp³-hybridized carbons (Fsp3) is 0.389. The molecule has 4 rings (SSSR count). The van der Waals surface area contributed by atoms with Crippen molar-refractivity contribution in [2.45, 2.75) is 43.6 Å². The maximum absolute atomic E-state index is 12.6. The van der Waals surface area contributed by atoms with Crippen LogP contribution in [0.2, 0.25) is 0 Å². The van der Waals surface area contributed by atoms with E-state index in [0.29, 0.717) is 27.8 Å². The van der Waals surface area contributed by atoms with E-state index in [-0.39, 0.29) is 11.9 Å². The lowest BCUT2D eigenvalue weighted by Gasteiger charge is -2.20. The van der Waals surface area contributed by atoms with Crippen LogP contribution in [-0.2, 0) is 6.18 Å². The first-order valence-electron chi connectivity index (χ1n) is 8.40. The largest absolute Gasteiger partial charge is 0.447 e. The second-order valence-corrected chi connectivity index (χ2v) is 7.65. The summed E-state index contributed by atoms with van der Waals surface area (Å²) >= 11 is 1.17. The van der Waals surface area contributed by atoms with Gasteiger partial charge in [0.15, 0.2) is 5.06 Å². The molecule has 2 aromatic rings. The van der Waals surface area contributed by atoms with Crippen LogP contribution >= 0.6 is 11.3 Å². The molecule has 1 aromatic carbocycles. The van der Waals surface area contributed by atoms with Gasteiger partial charge in [-0.25, -0.2) is 0 Å². The molecule has 4 nitrogen and oxygen atoms in total. The van der Waals surface area contributed by atoms with E-state index >= 15 is 0 Å². The molecule has 2 N–H and O–H groups in total. The Labute approximate surface area is 152 Å². The van der Waals surface area contributed by atoms with E-state index in [2.05, 4.69) is 10.6 Å². The van der Waals surface area contributed by atoms with Crippen LogP contribution < -0.4 is 15.4 Å². The molecule has 3 heterocycles. The van der Waals surface area contributed by atoms with Crippen LogP contribution in [0.1, 0.15) is 34.5 Å². The third kappa shape index (κ3) is 3.57. The first-order valence-corrected chi connectivity index (χ1v) is 9.22. The van der Waals surface area contributed by atoms with Crippen molar-refractivity contribution < 1.29 is 22.7 Å². The van der Waals surface area contributed by atoms with E-state index in [0.717, 1.165) is 25.0 Å². The maximum atomic E-state index is 12.6. The smallest absolute Gasteiger partial charge is 0.416 e. The monoisotopic (exact) mass is 382 g/mol. The maximum Gasteiger partial charge on any atom is 0.416 e. The number of nitrogens with one attached hydrogen (secondary N) is 2. The molecule has 2 saturated heterocycles. The number of ether oxygens (including phenoxy) is 1. The van der Waals surface area contributed by atoms with E-state index < -0.39 is 11.7 Å². The molecule has 138 valence electrons. The number of hydrogen-bond donors (Lipinski definition) is 2. The van der Waals surface area contributed by atoms with E-state index in [1.165, 1.54) is 29.9 Å². The third-order valence-electron chi connectivity index (χ3n) is 4.82. The fourth-order valence-corrected chi connectivity index (χ4v) is 4.33. The molecular weight excluding hydrogens is 365 g/mol. The van der Waals surface area contributed by atoms with Gasteiger partial charge in [-0.15, -0.1) is 0 Å². The van der Waals surface area contributed by atoms with Gasteiger partial charge in [-0.2, -0.15) is 13.2 Å². The Balaban J connectivity index is 1.37. The number of thiophene rings is 1. The highest BCUT2D eigenvalue weighted by Crippen LogP contribution is 2.34. The molecule has 2 aliphatic heterocycles. The molecule has 2 fully saturated rings. The molecule has 0 unspecified atom stereocenters. The summed E-state index contributed by atoms with van der Waals surface area (Å²) in [7, 11) is 0. The summed E-state index contributed by atoms with van der Waals surface area (Å²) in [5, 5.41) is 6.99. The Bertz CT molecular complexity index is 804. The summed E-state index contributed by atoms with van der Waals surface area (Å²) in [5.41, 5.74) is -0.726. The highest BCUT2D eigenvalue weighted by Gasteiger charge is 2.39. The molecule has 26 heavy (non-hydrogen) atoms. The van der Waals surface area contributed by atoms with Gasteiger partial charge in [0.2, 0.25) is 0 Å². The molecule has 1 aromatic heterocycles. The summed E-state index contributed by atoms with van der Waals surface area (Å²) in [4.78, 5) is 12.9. The highest BCUT2D eigenvalue weighted by molar-refractivity contribution is 7.15. The summed E-state index contributed by atoms with van der Waals surface area (Å²) < 4.78 is 43.3. The lowest BCUT2D eigenvalue weighted by Crippen LogP contribution is -2.42. The molecule has 2 aliphatic rings. The Morgan fingerprint density at radius 2 is 1.92 bits per heavy atom. The molecular formula is C18H17F3N2O2S. The van der Waals surface area contributed by atoms with Crippen LogP contribution in [0.5, 0.6) is 10.8 Å². The van der Waals surface area contributed by atoms with Crippen LogP contribution in [0.25, 0.3) is 0 Å². The topological polar surface area (TPSA) is 50.4 Å². The molecule has 1 amide bonds.